The minimum Gasteiger partial charge on any atom is -0.456 e. The van der Waals surface area contributed by atoms with Crippen molar-refractivity contribution in [3.63, 3.8) is 0 Å². The number of allylic oxidation sites excluding steroid dienone is 3. The van der Waals surface area contributed by atoms with Gasteiger partial charge in [0.25, 0.3) is 11.7 Å². The lowest BCUT2D eigenvalue weighted by molar-refractivity contribution is -0.302. The molecule has 3 aliphatic heterocycles. The summed E-state index contributed by atoms with van der Waals surface area (Å²) in [5.74, 6) is -7.29. The summed E-state index contributed by atoms with van der Waals surface area (Å²) in [7, 11) is 4.62. The van der Waals surface area contributed by atoms with Gasteiger partial charge in [-0.3, -0.25) is 14.4 Å². The van der Waals surface area contributed by atoms with E-state index in [2.05, 4.69) is 6.92 Å². The number of nitrogens with zero attached hydrogens (tertiary/aromatic N) is 1. The number of hydrogen-bond acceptors (Lipinski definition) is 13. The van der Waals surface area contributed by atoms with Gasteiger partial charge in [0.05, 0.1) is 30.5 Å². The van der Waals surface area contributed by atoms with Gasteiger partial charge in [0.2, 0.25) is 5.79 Å². The van der Waals surface area contributed by atoms with Crippen LogP contribution in [0.2, 0.25) is 0 Å². The van der Waals surface area contributed by atoms with Crippen molar-refractivity contribution >= 4 is 23.4 Å². The van der Waals surface area contributed by atoms with Gasteiger partial charge in [0, 0.05) is 46.1 Å². The second-order valence-corrected chi connectivity index (χ2v) is 17.7. The number of fused-ring (bicyclic) bond motifs is 3. The molecule has 0 spiro atoms. The van der Waals surface area contributed by atoms with Crippen LogP contribution in [0.3, 0.4) is 0 Å². The van der Waals surface area contributed by atoms with Crippen LogP contribution in [0.15, 0.2) is 23.3 Å². The van der Waals surface area contributed by atoms with Crippen molar-refractivity contribution in [1.29, 1.82) is 0 Å². The van der Waals surface area contributed by atoms with E-state index in [0.717, 1.165) is 0 Å². The molecule has 5 N–H and O–H groups in total. The molecule has 0 aromatic carbocycles. The maximum Gasteiger partial charge on any atom is 0.329 e. The summed E-state index contributed by atoms with van der Waals surface area (Å²) >= 11 is 0. The Hall–Kier alpha value is -2.56. The minimum absolute atomic E-state index is 0.0133. The number of cyclic esters (lactones) is 1. The van der Waals surface area contributed by atoms with Crippen LogP contribution in [0.4, 0.5) is 0 Å². The summed E-state index contributed by atoms with van der Waals surface area (Å²) in [6.07, 6.45) is 4.00. The van der Waals surface area contributed by atoms with Crippen LogP contribution >= 0.6 is 0 Å². The highest BCUT2D eigenvalue weighted by Crippen LogP contribution is 2.39. The smallest absolute Gasteiger partial charge is 0.329 e. The number of esters is 1. The Balaban J connectivity index is 1.78. The lowest BCUT2D eigenvalue weighted by Gasteiger charge is -2.47. The van der Waals surface area contributed by atoms with Gasteiger partial charge in [-0.2, -0.15) is 0 Å². The van der Waals surface area contributed by atoms with E-state index in [-0.39, 0.29) is 55.4 Å². The quantitative estimate of drug-likeness (QED) is 0.157. The van der Waals surface area contributed by atoms with E-state index in [9.17, 15) is 34.5 Å². The fourth-order valence-electron chi connectivity index (χ4n) is 9.62. The maximum atomic E-state index is 14.3. The van der Waals surface area contributed by atoms with Crippen molar-refractivity contribution in [2.45, 2.75) is 166 Å². The summed E-state index contributed by atoms with van der Waals surface area (Å²) in [6.45, 7) is 9.74. The van der Waals surface area contributed by atoms with Gasteiger partial charge in [0.15, 0.2) is 5.78 Å². The first-order valence-electron chi connectivity index (χ1n) is 21.5. The summed E-state index contributed by atoms with van der Waals surface area (Å²) < 4.78 is 29.8. The molecule has 0 aromatic rings. The molecule has 0 aromatic heterocycles. The minimum atomic E-state index is -2.51. The highest BCUT2D eigenvalue weighted by atomic mass is 16.7. The molecule has 1 aliphatic carbocycles. The molecule has 330 valence electrons. The highest BCUT2D eigenvalue weighted by Gasteiger charge is 2.56. The molecule has 2 bridgehead atoms. The van der Waals surface area contributed by atoms with Crippen LogP contribution in [0.1, 0.15) is 112 Å². The number of ether oxygens (including phenoxy) is 5. The number of piperidine rings is 1. The molecule has 14 atom stereocenters. The number of amides is 1. The first-order valence-corrected chi connectivity index (χ1v) is 21.5. The fraction of sp³-hybridized carbons (Fsp3) is 0.818. The van der Waals surface area contributed by atoms with Crippen LogP contribution < -0.4 is 5.73 Å². The number of hydrogen-bond donors (Lipinski definition) is 4. The standard InChI is InChI=1S/C44H72N2O12/c1-25-18-26(2)20-37(55-7)40-38(56-8)22-28(4)44(53,58-40)41(50)42(51)46-17-10-9-13-32(46)43(52)57-39(27(3)21-30-14-15-33(47)36(23-30)54-6)29(5)34(48)24-35(49)31(19-25)12-11-16-45/h19,21,25-26,28-30,32-34,36-40,47-48,53H,9-18,20,22-24,45H2,1-8H3. The van der Waals surface area contributed by atoms with Crippen molar-refractivity contribution in [2.75, 3.05) is 34.4 Å². The first kappa shape index (κ1) is 48.1. The number of Topliss-reactive ketones (excluding diaryl/α,β-unsaturated/α-hetero) is 2. The number of aliphatic hydroxyl groups is 3. The third-order valence-electron chi connectivity index (χ3n) is 13.1. The van der Waals surface area contributed by atoms with Crippen LogP contribution in [0, 0.1) is 29.6 Å². The van der Waals surface area contributed by atoms with Crippen LogP contribution in [0.25, 0.3) is 0 Å². The zero-order chi connectivity index (χ0) is 42.9. The Bertz CT molecular complexity index is 1470. The van der Waals surface area contributed by atoms with Crippen LogP contribution in [-0.2, 0) is 42.9 Å². The SMILES string of the molecule is COC1CC(C=C(C)C2OC(=O)C3CCCCN3C(=O)C(=O)C3(O)OC(C(OC)CC(C)CC(C)C=C(CCCN)C(=O)CC(O)C2C)C(OC)CC3C)CCC1O. The summed E-state index contributed by atoms with van der Waals surface area (Å²) in [5, 5.41) is 34.2. The van der Waals surface area contributed by atoms with Crippen molar-refractivity contribution in [1.82, 2.24) is 4.90 Å². The van der Waals surface area contributed by atoms with Crippen molar-refractivity contribution in [3.05, 3.63) is 23.3 Å². The van der Waals surface area contributed by atoms with E-state index in [1.807, 2.05) is 26.0 Å². The zero-order valence-electron chi connectivity index (χ0n) is 36.1. The van der Waals surface area contributed by atoms with Crippen LogP contribution in [0.5, 0.6) is 0 Å². The molecule has 14 unspecified atom stereocenters. The largest absolute Gasteiger partial charge is 0.456 e. The third-order valence-corrected chi connectivity index (χ3v) is 13.1. The molecule has 14 heteroatoms. The molecular weight excluding hydrogens is 748 g/mol. The molecule has 58 heavy (non-hydrogen) atoms. The predicted molar refractivity (Wildman–Crippen MR) is 216 cm³/mol. The Kier molecular flexibility index (Phi) is 18.1. The molecule has 4 aliphatic rings. The molecule has 3 fully saturated rings. The lowest BCUT2D eigenvalue weighted by Crippen LogP contribution is -2.64. The van der Waals surface area contributed by atoms with E-state index in [1.165, 1.54) is 19.1 Å². The third kappa shape index (κ3) is 11.6. The van der Waals surface area contributed by atoms with Gasteiger partial charge >= 0.3 is 5.97 Å². The normalized spacial score (nSPS) is 39.7. The maximum absolute atomic E-state index is 14.3. The van der Waals surface area contributed by atoms with E-state index >= 15 is 0 Å². The average molecular weight is 821 g/mol. The molecule has 4 rings (SSSR count). The van der Waals surface area contributed by atoms with E-state index < -0.39 is 77.9 Å². The molecule has 1 amide bonds. The molecule has 2 saturated heterocycles. The number of aliphatic hydroxyl groups excluding tert-OH is 2. The number of carbonyl (C=O) groups excluding carboxylic acids is 4. The highest BCUT2D eigenvalue weighted by molar-refractivity contribution is 6.39. The molecular formula is C44H72N2O12. The number of rotatable bonds is 8. The van der Waals surface area contributed by atoms with Crippen LogP contribution in [-0.4, -0.2) is 133 Å². The lowest BCUT2D eigenvalue weighted by atomic mass is 9.81. The van der Waals surface area contributed by atoms with Crippen molar-refractivity contribution < 1.29 is 58.2 Å². The van der Waals surface area contributed by atoms with E-state index in [1.54, 1.807) is 21.0 Å². The number of ketones is 2. The van der Waals surface area contributed by atoms with Gasteiger partial charge in [-0.15, -0.1) is 0 Å². The molecule has 0 radical (unpaired) electrons. The predicted octanol–water partition coefficient (Wildman–Crippen LogP) is 3.80. The van der Waals surface area contributed by atoms with Gasteiger partial charge in [-0.05, 0) is 113 Å². The van der Waals surface area contributed by atoms with E-state index in [4.69, 9.17) is 29.4 Å². The summed E-state index contributed by atoms with van der Waals surface area (Å²) in [5.41, 5.74) is 7.12. The summed E-state index contributed by atoms with van der Waals surface area (Å²) in [4.78, 5) is 58.0. The second-order valence-electron chi connectivity index (χ2n) is 17.7. The van der Waals surface area contributed by atoms with Gasteiger partial charge in [-0.25, -0.2) is 4.79 Å². The molecule has 1 saturated carbocycles. The fourth-order valence-corrected chi connectivity index (χ4v) is 9.62. The Morgan fingerprint density at radius 2 is 1.59 bits per heavy atom. The number of nitrogens with two attached hydrogens (primary N) is 1. The first-order chi connectivity index (χ1) is 27.5. The average Bonchev–Trinajstić information content (AvgIpc) is 3.20. The summed E-state index contributed by atoms with van der Waals surface area (Å²) in [6, 6.07) is -1.15. The van der Waals surface area contributed by atoms with Gasteiger partial charge < -0.3 is 49.6 Å². The monoisotopic (exact) mass is 821 g/mol. The molecule has 3 heterocycles. The number of methoxy groups -OCH3 is 3. The van der Waals surface area contributed by atoms with Crippen molar-refractivity contribution in [3.8, 4) is 0 Å². The van der Waals surface area contributed by atoms with E-state index in [0.29, 0.717) is 75.5 Å². The second kappa shape index (κ2) is 21.8. The Morgan fingerprint density at radius 1 is 0.914 bits per heavy atom. The Labute approximate surface area is 345 Å². The molecule has 14 nitrogen and oxygen atoms in total. The Morgan fingerprint density at radius 3 is 2.24 bits per heavy atom. The van der Waals surface area contributed by atoms with Crippen molar-refractivity contribution in [2.24, 2.45) is 35.3 Å². The topological polar surface area (TPSA) is 204 Å². The van der Waals surface area contributed by atoms with Gasteiger partial charge in [-0.1, -0.05) is 39.8 Å². The van der Waals surface area contributed by atoms with Gasteiger partial charge in [0.1, 0.15) is 18.2 Å². The number of carbonyl (C=O) groups is 4. The zero-order valence-corrected chi connectivity index (χ0v) is 36.1.